The third-order valence-electron chi connectivity index (χ3n) is 2.56. The number of aromatic nitrogens is 2. The second-order valence-electron chi connectivity index (χ2n) is 3.47. The highest BCUT2D eigenvalue weighted by atomic mass is 35.5. The molecule has 2 rings (SSSR count). The van der Waals surface area contributed by atoms with Crippen molar-refractivity contribution in [3.05, 3.63) is 35.0 Å². The Hall–Kier alpha value is -1.46. The van der Waals surface area contributed by atoms with Crippen molar-refractivity contribution in [3.63, 3.8) is 0 Å². The van der Waals surface area contributed by atoms with E-state index in [1.165, 1.54) is 13.4 Å². The van der Waals surface area contributed by atoms with Crippen LogP contribution >= 0.6 is 11.6 Å². The summed E-state index contributed by atoms with van der Waals surface area (Å²) in [6.45, 7) is 2.56. The van der Waals surface area contributed by atoms with E-state index in [4.69, 9.17) is 20.8 Å². The number of hydrogen-bond acceptors (Lipinski definition) is 4. The Kier molecular flexibility index (Phi) is 3.40. The van der Waals surface area contributed by atoms with Gasteiger partial charge in [-0.05, 0) is 24.6 Å². The van der Waals surface area contributed by atoms with Gasteiger partial charge in [0, 0.05) is 12.1 Å². The fraction of sp³-hybridized carbons (Fsp3) is 0.364. The summed E-state index contributed by atoms with van der Waals surface area (Å²) >= 11 is 5.85. The lowest BCUT2D eigenvalue weighted by atomic mass is 10.1. The molecule has 0 aliphatic heterocycles. The van der Waals surface area contributed by atoms with E-state index in [0.29, 0.717) is 23.6 Å². The van der Waals surface area contributed by atoms with Crippen LogP contribution in [0.3, 0.4) is 0 Å². The number of methoxy groups -OCH3 is 1. The van der Waals surface area contributed by atoms with E-state index in [1.807, 2.05) is 6.92 Å². The maximum absolute atomic E-state index is 10.3. The van der Waals surface area contributed by atoms with Gasteiger partial charge >= 0.3 is 0 Å². The number of aliphatic hydroxyl groups excluding tert-OH is 1. The van der Waals surface area contributed by atoms with Crippen LogP contribution in [0.1, 0.15) is 24.3 Å². The molecule has 0 spiro atoms. The van der Waals surface area contributed by atoms with Gasteiger partial charge in [0.05, 0.1) is 19.6 Å². The number of furan rings is 1. The van der Waals surface area contributed by atoms with Gasteiger partial charge in [-0.3, -0.25) is 4.68 Å². The molecule has 1 unspecified atom stereocenters. The minimum Gasteiger partial charge on any atom is -0.493 e. The van der Waals surface area contributed by atoms with Crippen LogP contribution in [0.5, 0.6) is 5.75 Å². The molecule has 0 radical (unpaired) electrons. The zero-order chi connectivity index (χ0) is 12.4. The fourth-order valence-corrected chi connectivity index (χ4v) is 1.93. The summed E-state index contributed by atoms with van der Waals surface area (Å²) in [5, 5.41) is 14.6. The van der Waals surface area contributed by atoms with Crippen LogP contribution in [-0.4, -0.2) is 22.0 Å². The minimum absolute atomic E-state index is 0.170. The molecule has 2 aromatic rings. The maximum Gasteiger partial charge on any atom is 0.199 e. The van der Waals surface area contributed by atoms with Crippen molar-refractivity contribution in [1.82, 2.24) is 9.78 Å². The van der Waals surface area contributed by atoms with Crippen LogP contribution in [0.15, 0.2) is 22.9 Å². The number of ether oxygens (including phenoxy) is 1. The SMILES string of the molecule is CCn1ncc(OC)c1C(O)c1ccoc1Cl. The van der Waals surface area contributed by atoms with Crippen molar-refractivity contribution in [2.75, 3.05) is 7.11 Å². The van der Waals surface area contributed by atoms with Crippen LogP contribution in [0.2, 0.25) is 5.22 Å². The molecule has 5 nitrogen and oxygen atoms in total. The monoisotopic (exact) mass is 256 g/mol. The average Bonchev–Trinajstić information content (AvgIpc) is 2.93. The van der Waals surface area contributed by atoms with Crippen LogP contribution in [0, 0.1) is 0 Å². The fourth-order valence-electron chi connectivity index (χ4n) is 1.71. The molecule has 0 fully saturated rings. The first-order valence-electron chi connectivity index (χ1n) is 5.19. The average molecular weight is 257 g/mol. The zero-order valence-corrected chi connectivity index (χ0v) is 10.3. The van der Waals surface area contributed by atoms with Gasteiger partial charge in [-0.2, -0.15) is 5.10 Å². The lowest BCUT2D eigenvalue weighted by molar-refractivity contribution is 0.202. The molecule has 92 valence electrons. The van der Waals surface area contributed by atoms with E-state index in [-0.39, 0.29) is 5.22 Å². The number of aliphatic hydroxyl groups is 1. The molecule has 0 saturated heterocycles. The molecule has 2 heterocycles. The Labute approximate surface area is 104 Å². The van der Waals surface area contributed by atoms with Gasteiger partial charge < -0.3 is 14.3 Å². The lowest BCUT2D eigenvalue weighted by Gasteiger charge is -2.13. The molecule has 0 aliphatic carbocycles. The molecule has 2 aromatic heterocycles. The second-order valence-corrected chi connectivity index (χ2v) is 3.81. The predicted molar refractivity (Wildman–Crippen MR) is 62.2 cm³/mol. The summed E-state index contributed by atoms with van der Waals surface area (Å²) < 4.78 is 11.8. The Balaban J connectivity index is 2.45. The molecule has 1 atom stereocenters. The number of rotatable bonds is 4. The smallest absolute Gasteiger partial charge is 0.199 e. The third kappa shape index (κ3) is 2.03. The van der Waals surface area contributed by atoms with Gasteiger partial charge in [-0.15, -0.1) is 0 Å². The minimum atomic E-state index is -0.918. The normalized spacial score (nSPS) is 12.7. The second kappa shape index (κ2) is 4.81. The molecule has 0 aromatic carbocycles. The highest BCUT2D eigenvalue weighted by Gasteiger charge is 2.24. The van der Waals surface area contributed by atoms with Crippen LogP contribution in [-0.2, 0) is 6.54 Å². The van der Waals surface area contributed by atoms with E-state index >= 15 is 0 Å². The third-order valence-corrected chi connectivity index (χ3v) is 2.87. The van der Waals surface area contributed by atoms with Gasteiger partial charge in [0.2, 0.25) is 0 Å². The summed E-state index contributed by atoms with van der Waals surface area (Å²) in [6.07, 6.45) is 2.08. The topological polar surface area (TPSA) is 60.4 Å². The Bertz CT molecular complexity index is 485. The Morgan fingerprint density at radius 2 is 2.41 bits per heavy atom. The van der Waals surface area contributed by atoms with Gasteiger partial charge in [0.1, 0.15) is 11.8 Å². The summed E-state index contributed by atoms with van der Waals surface area (Å²) in [5.41, 5.74) is 1.07. The zero-order valence-electron chi connectivity index (χ0n) is 9.55. The molecule has 1 N–H and O–H groups in total. The van der Waals surface area contributed by atoms with Crippen molar-refractivity contribution in [2.45, 2.75) is 19.6 Å². The first kappa shape index (κ1) is 12.0. The van der Waals surface area contributed by atoms with Crippen molar-refractivity contribution in [1.29, 1.82) is 0 Å². The van der Waals surface area contributed by atoms with E-state index in [2.05, 4.69) is 5.10 Å². The highest BCUT2D eigenvalue weighted by molar-refractivity contribution is 6.29. The number of hydrogen-bond donors (Lipinski definition) is 1. The summed E-state index contributed by atoms with van der Waals surface area (Å²) in [4.78, 5) is 0. The Morgan fingerprint density at radius 3 is 2.94 bits per heavy atom. The van der Waals surface area contributed by atoms with Crippen LogP contribution in [0.25, 0.3) is 0 Å². The molecule has 6 heteroatoms. The van der Waals surface area contributed by atoms with Gasteiger partial charge in [-0.25, -0.2) is 0 Å². The molecular weight excluding hydrogens is 244 g/mol. The van der Waals surface area contributed by atoms with E-state index < -0.39 is 6.10 Å². The standard InChI is InChI=1S/C11H13ClN2O3/c1-3-14-9(8(16-2)6-13-14)10(15)7-4-5-17-11(7)12/h4-6,10,15H,3H2,1-2H3. The van der Waals surface area contributed by atoms with Crippen molar-refractivity contribution in [2.24, 2.45) is 0 Å². The summed E-state index contributed by atoms with van der Waals surface area (Å²) in [5.74, 6) is 0.525. The number of aryl methyl sites for hydroxylation is 1. The molecular formula is C11H13ClN2O3. The first-order chi connectivity index (χ1) is 8.19. The van der Waals surface area contributed by atoms with Crippen molar-refractivity contribution in [3.8, 4) is 5.75 Å². The highest BCUT2D eigenvalue weighted by Crippen LogP contribution is 2.33. The largest absolute Gasteiger partial charge is 0.493 e. The number of nitrogens with zero attached hydrogens (tertiary/aromatic N) is 2. The predicted octanol–water partition coefficient (Wildman–Crippen LogP) is 2.24. The van der Waals surface area contributed by atoms with Gasteiger partial charge in [0.15, 0.2) is 11.0 Å². The molecule has 0 aliphatic rings. The molecule has 0 saturated carbocycles. The van der Waals surface area contributed by atoms with Crippen LogP contribution in [0.4, 0.5) is 0 Å². The van der Waals surface area contributed by atoms with Gasteiger partial charge in [-0.1, -0.05) is 0 Å². The first-order valence-corrected chi connectivity index (χ1v) is 5.57. The van der Waals surface area contributed by atoms with E-state index in [1.54, 1.807) is 16.9 Å². The maximum atomic E-state index is 10.3. The molecule has 0 amide bonds. The van der Waals surface area contributed by atoms with Crippen LogP contribution < -0.4 is 4.74 Å². The molecule has 17 heavy (non-hydrogen) atoms. The van der Waals surface area contributed by atoms with E-state index in [9.17, 15) is 5.11 Å². The van der Waals surface area contributed by atoms with Crippen molar-refractivity contribution < 1.29 is 14.3 Å². The molecule has 0 bridgehead atoms. The van der Waals surface area contributed by atoms with Crippen molar-refractivity contribution >= 4 is 11.6 Å². The Morgan fingerprint density at radius 1 is 1.65 bits per heavy atom. The number of halogens is 1. The lowest BCUT2D eigenvalue weighted by Crippen LogP contribution is -2.10. The van der Waals surface area contributed by atoms with Gasteiger partial charge in [0.25, 0.3) is 0 Å². The van der Waals surface area contributed by atoms with E-state index in [0.717, 1.165) is 0 Å². The summed E-state index contributed by atoms with van der Waals surface area (Å²) in [7, 11) is 1.53. The summed E-state index contributed by atoms with van der Waals surface area (Å²) in [6, 6.07) is 1.62. The quantitative estimate of drug-likeness (QED) is 0.911.